The molecule has 32 heavy (non-hydrogen) atoms. The molecule has 0 bridgehead atoms. The normalized spacial score (nSPS) is 15.9. The van der Waals surface area contributed by atoms with Crippen LogP contribution in [0.5, 0.6) is 0 Å². The molecule has 1 saturated heterocycles. The fourth-order valence-corrected chi connectivity index (χ4v) is 5.83. The summed E-state index contributed by atoms with van der Waals surface area (Å²) >= 11 is 6.04. The van der Waals surface area contributed by atoms with Crippen LogP contribution in [0.1, 0.15) is 48.7 Å². The van der Waals surface area contributed by atoms with Gasteiger partial charge in [-0.15, -0.1) is 0 Å². The maximum absolute atomic E-state index is 12.8. The lowest BCUT2D eigenvalue weighted by Crippen LogP contribution is -2.37. The topological polar surface area (TPSA) is 69.7 Å². The SMILES string of the molecule is CCN(CC)C(CNCC(=O)c1cccc(S(=O)(=O)N2CCCC2)c1)c1ccc(Cl)cc1. The maximum atomic E-state index is 12.8. The number of sulfonamides is 1. The van der Waals surface area contributed by atoms with Crippen molar-refractivity contribution in [2.45, 2.75) is 37.6 Å². The highest BCUT2D eigenvalue weighted by Crippen LogP contribution is 2.23. The Morgan fingerprint density at radius 1 is 1.09 bits per heavy atom. The molecule has 2 aromatic carbocycles. The van der Waals surface area contributed by atoms with Crippen LogP contribution in [-0.4, -0.2) is 62.7 Å². The fourth-order valence-electron chi connectivity index (χ4n) is 4.14. The predicted octanol–water partition coefficient (Wildman–Crippen LogP) is 3.98. The average Bonchev–Trinajstić information content (AvgIpc) is 3.35. The molecule has 1 heterocycles. The van der Waals surface area contributed by atoms with Crippen molar-refractivity contribution in [1.29, 1.82) is 0 Å². The molecule has 3 rings (SSSR count). The Balaban J connectivity index is 1.67. The first-order valence-corrected chi connectivity index (χ1v) is 13.0. The second kappa shape index (κ2) is 11.4. The van der Waals surface area contributed by atoms with Gasteiger partial charge in [0.2, 0.25) is 10.0 Å². The Hall–Kier alpha value is -1.77. The van der Waals surface area contributed by atoms with Gasteiger partial charge >= 0.3 is 0 Å². The van der Waals surface area contributed by atoms with Crippen LogP contribution in [0.25, 0.3) is 0 Å². The van der Waals surface area contributed by atoms with Gasteiger partial charge in [-0.05, 0) is 55.8 Å². The molecule has 2 aromatic rings. The van der Waals surface area contributed by atoms with Gasteiger partial charge < -0.3 is 5.32 Å². The Morgan fingerprint density at radius 2 is 1.75 bits per heavy atom. The van der Waals surface area contributed by atoms with Crippen molar-refractivity contribution >= 4 is 27.4 Å². The van der Waals surface area contributed by atoms with Crippen LogP contribution in [0.2, 0.25) is 5.02 Å². The van der Waals surface area contributed by atoms with Crippen LogP contribution in [0.15, 0.2) is 53.4 Å². The minimum absolute atomic E-state index is 0.108. The predicted molar refractivity (Wildman–Crippen MR) is 129 cm³/mol. The molecule has 1 unspecified atom stereocenters. The molecular weight excluding hydrogens is 446 g/mol. The van der Waals surface area contributed by atoms with Gasteiger partial charge in [-0.25, -0.2) is 8.42 Å². The van der Waals surface area contributed by atoms with E-state index in [1.54, 1.807) is 18.2 Å². The van der Waals surface area contributed by atoms with Gasteiger partial charge in [-0.1, -0.05) is 49.7 Å². The first-order chi connectivity index (χ1) is 15.4. The number of ketones is 1. The van der Waals surface area contributed by atoms with Gasteiger partial charge in [0.15, 0.2) is 5.78 Å². The van der Waals surface area contributed by atoms with Crippen molar-refractivity contribution in [1.82, 2.24) is 14.5 Å². The fraction of sp³-hybridized carbons (Fsp3) is 0.458. The van der Waals surface area contributed by atoms with E-state index >= 15 is 0 Å². The van der Waals surface area contributed by atoms with Crippen LogP contribution in [-0.2, 0) is 10.0 Å². The van der Waals surface area contributed by atoms with E-state index in [-0.39, 0.29) is 23.3 Å². The molecule has 1 aliphatic heterocycles. The van der Waals surface area contributed by atoms with Gasteiger partial charge in [0.25, 0.3) is 0 Å². The summed E-state index contributed by atoms with van der Waals surface area (Å²) in [6, 6.07) is 14.3. The number of carbonyl (C=O) groups excluding carboxylic acids is 1. The Kier molecular flexibility index (Phi) is 8.85. The first-order valence-electron chi connectivity index (χ1n) is 11.2. The minimum atomic E-state index is -3.54. The lowest BCUT2D eigenvalue weighted by atomic mass is 10.0. The highest BCUT2D eigenvalue weighted by molar-refractivity contribution is 7.89. The molecule has 0 spiro atoms. The van der Waals surface area contributed by atoms with Crippen molar-refractivity contribution in [3.63, 3.8) is 0 Å². The van der Waals surface area contributed by atoms with Crippen molar-refractivity contribution in [2.24, 2.45) is 0 Å². The van der Waals surface area contributed by atoms with Crippen molar-refractivity contribution < 1.29 is 13.2 Å². The van der Waals surface area contributed by atoms with Crippen LogP contribution >= 0.6 is 11.6 Å². The maximum Gasteiger partial charge on any atom is 0.243 e. The van der Waals surface area contributed by atoms with E-state index in [1.165, 1.54) is 10.4 Å². The average molecular weight is 478 g/mol. The molecule has 0 radical (unpaired) electrons. The molecule has 1 fully saturated rings. The van der Waals surface area contributed by atoms with Crippen LogP contribution in [0, 0.1) is 0 Å². The van der Waals surface area contributed by atoms with Crippen molar-refractivity contribution in [3.05, 3.63) is 64.7 Å². The van der Waals surface area contributed by atoms with E-state index in [0.717, 1.165) is 31.5 Å². The highest BCUT2D eigenvalue weighted by Gasteiger charge is 2.27. The molecule has 0 saturated carbocycles. The number of hydrogen-bond acceptors (Lipinski definition) is 5. The van der Waals surface area contributed by atoms with Gasteiger partial charge in [0.05, 0.1) is 11.4 Å². The molecule has 1 atom stereocenters. The summed E-state index contributed by atoms with van der Waals surface area (Å²) in [6.07, 6.45) is 1.76. The summed E-state index contributed by atoms with van der Waals surface area (Å²) in [4.78, 5) is 15.3. The summed E-state index contributed by atoms with van der Waals surface area (Å²) < 4.78 is 27.1. The first kappa shape index (κ1) is 24.9. The van der Waals surface area contributed by atoms with E-state index < -0.39 is 10.0 Å². The Morgan fingerprint density at radius 3 is 2.38 bits per heavy atom. The molecule has 1 N–H and O–H groups in total. The quantitative estimate of drug-likeness (QED) is 0.496. The van der Waals surface area contributed by atoms with E-state index in [0.29, 0.717) is 30.2 Å². The Bertz CT molecular complexity index is 1000. The zero-order chi connectivity index (χ0) is 23.1. The largest absolute Gasteiger partial charge is 0.308 e. The molecular formula is C24H32ClN3O3S. The zero-order valence-corrected chi connectivity index (χ0v) is 20.3. The summed E-state index contributed by atoms with van der Waals surface area (Å²) in [5.74, 6) is -0.127. The number of carbonyl (C=O) groups is 1. The Labute approximate surface area is 196 Å². The van der Waals surface area contributed by atoms with Crippen LogP contribution in [0.4, 0.5) is 0 Å². The standard InChI is InChI=1S/C24H32ClN3O3S/c1-3-27(4-2)23(19-10-12-21(25)13-11-19)17-26-18-24(29)20-8-7-9-22(16-20)32(30,31)28-14-5-6-15-28/h7-13,16,23,26H,3-6,14-15,17-18H2,1-2H3. The van der Waals surface area contributed by atoms with E-state index in [9.17, 15) is 13.2 Å². The van der Waals surface area contributed by atoms with Gasteiger partial charge in [0.1, 0.15) is 0 Å². The smallest absolute Gasteiger partial charge is 0.243 e. The molecule has 0 aliphatic carbocycles. The zero-order valence-electron chi connectivity index (χ0n) is 18.8. The highest BCUT2D eigenvalue weighted by atomic mass is 35.5. The third kappa shape index (κ3) is 5.97. The number of nitrogens with zero attached hydrogens (tertiary/aromatic N) is 2. The van der Waals surface area contributed by atoms with Gasteiger partial charge in [-0.3, -0.25) is 9.69 Å². The number of benzene rings is 2. The summed E-state index contributed by atoms with van der Waals surface area (Å²) in [6.45, 7) is 7.82. The third-order valence-corrected chi connectivity index (χ3v) is 8.14. The van der Waals surface area contributed by atoms with Gasteiger partial charge in [-0.2, -0.15) is 4.31 Å². The summed E-state index contributed by atoms with van der Waals surface area (Å²) in [7, 11) is -3.54. The second-order valence-electron chi connectivity index (χ2n) is 7.98. The molecule has 1 aliphatic rings. The van der Waals surface area contributed by atoms with Crippen molar-refractivity contribution in [2.75, 3.05) is 39.3 Å². The van der Waals surface area contributed by atoms with E-state index in [4.69, 9.17) is 11.6 Å². The molecule has 0 aromatic heterocycles. The lowest BCUT2D eigenvalue weighted by Gasteiger charge is -2.30. The second-order valence-corrected chi connectivity index (χ2v) is 10.4. The molecule has 0 amide bonds. The molecule has 174 valence electrons. The number of halogens is 1. The molecule has 8 heteroatoms. The number of rotatable bonds is 11. The molecule has 6 nitrogen and oxygen atoms in total. The van der Waals surface area contributed by atoms with E-state index in [2.05, 4.69) is 24.1 Å². The van der Waals surface area contributed by atoms with Crippen LogP contribution < -0.4 is 5.32 Å². The third-order valence-electron chi connectivity index (χ3n) is 5.99. The van der Waals surface area contributed by atoms with Crippen molar-refractivity contribution in [3.8, 4) is 0 Å². The lowest BCUT2D eigenvalue weighted by molar-refractivity contribution is 0.0986. The number of likely N-dealkylation sites (N-methyl/N-ethyl adjacent to an activating group) is 1. The minimum Gasteiger partial charge on any atom is -0.308 e. The number of nitrogens with one attached hydrogen (secondary N) is 1. The number of Topliss-reactive ketones (excluding diaryl/α,β-unsaturated/α-hetero) is 1. The number of hydrogen-bond donors (Lipinski definition) is 1. The summed E-state index contributed by atoms with van der Waals surface area (Å²) in [5, 5.41) is 3.97. The van der Waals surface area contributed by atoms with Crippen LogP contribution in [0.3, 0.4) is 0 Å². The van der Waals surface area contributed by atoms with E-state index in [1.807, 2.05) is 24.3 Å². The summed E-state index contributed by atoms with van der Waals surface area (Å²) in [5.41, 5.74) is 1.54. The van der Waals surface area contributed by atoms with Gasteiger partial charge in [0, 0.05) is 36.3 Å². The monoisotopic (exact) mass is 477 g/mol.